The smallest absolute Gasteiger partial charge is 0.345 e. The fraction of sp³-hybridized carbons (Fsp3) is 0.580. The molecule has 0 radical (unpaired) electrons. The van der Waals surface area contributed by atoms with Gasteiger partial charge in [0.1, 0.15) is 29.5 Å². The van der Waals surface area contributed by atoms with Crippen LogP contribution >= 0.6 is 0 Å². The van der Waals surface area contributed by atoms with Crippen LogP contribution < -0.4 is 29.8 Å². The molecule has 0 aliphatic rings. The Morgan fingerprint density at radius 2 is 1.16 bits per heavy atom. The topological polar surface area (TPSA) is 232 Å². The number of carbonyl (C=O) groups is 2. The number of aryl methyl sites for hydroxylation is 3. The molecule has 0 atom stereocenters. The van der Waals surface area contributed by atoms with E-state index >= 15 is 4.79 Å². The van der Waals surface area contributed by atoms with Crippen molar-refractivity contribution < 1.29 is 79.2 Å². The van der Waals surface area contributed by atoms with Gasteiger partial charge < -0.3 is 63.2 Å². The van der Waals surface area contributed by atoms with Gasteiger partial charge in [-0.1, -0.05) is 13.8 Å². The fourth-order valence-corrected chi connectivity index (χ4v) is 7.86. The Morgan fingerprint density at radius 1 is 0.671 bits per heavy atom. The molecule has 19 nitrogen and oxygen atoms in total. The maximum Gasteiger partial charge on any atom is 0.345 e. The van der Waals surface area contributed by atoms with E-state index in [-0.39, 0.29) is 69.8 Å². The van der Waals surface area contributed by atoms with Crippen LogP contribution in [0.3, 0.4) is 0 Å². The Kier molecular flexibility index (Phi) is 26.3. The molecule has 0 saturated carbocycles. The molecule has 4 rings (SSSR count). The van der Waals surface area contributed by atoms with Crippen molar-refractivity contribution >= 4 is 43.8 Å². The lowest BCUT2D eigenvalue weighted by Gasteiger charge is -2.21. The average Bonchev–Trinajstić information content (AvgIpc) is 3.32. The number of fused-ring (bicyclic) bond motifs is 2. The Hall–Kier alpha value is -4.58. The molecule has 1 heterocycles. The summed E-state index contributed by atoms with van der Waals surface area (Å²) in [7, 11) is -1.13. The lowest BCUT2D eigenvalue weighted by atomic mass is 10.0. The number of benzene rings is 3. The third kappa shape index (κ3) is 19.6. The van der Waals surface area contributed by atoms with Gasteiger partial charge in [0.25, 0.3) is 16.0 Å². The molecule has 70 heavy (non-hydrogen) atoms. The fourth-order valence-electron chi connectivity index (χ4n) is 7.37. The summed E-state index contributed by atoms with van der Waals surface area (Å²) in [6.45, 7) is 13.2. The third-order valence-corrected chi connectivity index (χ3v) is 11.3. The molecule has 0 aliphatic carbocycles. The molecule has 0 unspecified atom stereocenters. The molecule has 0 saturated heterocycles. The van der Waals surface area contributed by atoms with Gasteiger partial charge in [-0.05, 0) is 74.2 Å². The van der Waals surface area contributed by atoms with Crippen molar-refractivity contribution in [2.75, 3.05) is 126 Å². The van der Waals surface area contributed by atoms with Crippen molar-refractivity contribution in [3.8, 4) is 17.2 Å². The molecular formula is C50H74N3O16S+. The predicted molar refractivity (Wildman–Crippen MR) is 263 cm³/mol. The summed E-state index contributed by atoms with van der Waals surface area (Å²) in [6.07, 6.45) is 0.618. The van der Waals surface area contributed by atoms with Crippen LogP contribution in [-0.4, -0.2) is 163 Å². The highest BCUT2D eigenvalue weighted by Crippen LogP contribution is 2.34. The monoisotopic (exact) mass is 1000 g/mol. The van der Waals surface area contributed by atoms with Crippen LogP contribution in [0.15, 0.2) is 48.5 Å². The van der Waals surface area contributed by atoms with Gasteiger partial charge in [0, 0.05) is 64.6 Å². The van der Waals surface area contributed by atoms with E-state index < -0.39 is 34.0 Å². The van der Waals surface area contributed by atoms with Gasteiger partial charge in [0.15, 0.2) is 6.54 Å². The van der Waals surface area contributed by atoms with Crippen molar-refractivity contribution in [2.24, 2.45) is 5.73 Å². The van der Waals surface area contributed by atoms with Crippen molar-refractivity contribution in [3.05, 3.63) is 70.8 Å². The minimum absolute atomic E-state index is 0.0504. The highest BCUT2D eigenvalue weighted by atomic mass is 32.2. The number of pyridine rings is 1. The maximum atomic E-state index is 15.1. The molecule has 3 aromatic carbocycles. The number of rotatable bonds is 37. The summed E-state index contributed by atoms with van der Waals surface area (Å²) in [5, 5.41) is 3.69. The molecule has 0 fully saturated rings. The number of hydrogen-bond acceptors (Lipinski definition) is 16. The minimum Gasteiger partial charge on any atom is -0.486 e. The van der Waals surface area contributed by atoms with Crippen molar-refractivity contribution in [2.45, 2.75) is 65.7 Å². The first-order chi connectivity index (χ1) is 33.8. The van der Waals surface area contributed by atoms with E-state index in [4.69, 9.17) is 57.8 Å². The largest absolute Gasteiger partial charge is 0.486 e. The molecule has 4 N–H and O–H groups in total. The summed E-state index contributed by atoms with van der Waals surface area (Å²) < 4.78 is 99.5. The number of carbonyl (C=O) groups excluding carboxylic acids is 2. The molecule has 4 aromatic rings. The van der Waals surface area contributed by atoms with E-state index in [2.05, 4.69) is 5.32 Å². The van der Waals surface area contributed by atoms with Crippen molar-refractivity contribution in [3.63, 3.8) is 0 Å². The summed E-state index contributed by atoms with van der Waals surface area (Å²) in [6, 6.07) is 13.9. The SMILES string of the molecule is CCCOCC(COCCC)Oc1ccc2c(c1)c(C(=O)Oc1c(C)cc(C(=O)NCCOCCOCCN)cc1C)c1cc(OC(COCCOC)COCCOC)ccc1[n+]2CCCS(=O)(=O)O. The number of nitrogens with zero attached hydrogens (tertiary/aromatic N) is 1. The highest BCUT2D eigenvalue weighted by molar-refractivity contribution is 7.85. The number of nitrogens with one attached hydrogen (secondary N) is 1. The van der Waals surface area contributed by atoms with Gasteiger partial charge in [-0.15, -0.1) is 0 Å². The lowest BCUT2D eigenvalue weighted by Crippen LogP contribution is -2.37. The van der Waals surface area contributed by atoms with Gasteiger partial charge in [-0.3, -0.25) is 9.35 Å². The highest BCUT2D eigenvalue weighted by Gasteiger charge is 2.29. The Bertz CT molecular complexity index is 2290. The first-order valence-electron chi connectivity index (χ1n) is 23.8. The summed E-state index contributed by atoms with van der Waals surface area (Å²) in [4.78, 5) is 28.3. The summed E-state index contributed by atoms with van der Waals surface area (Å²) in [5.74, 6) is -0.486. The second-order valence-electron chi connectivity index (χ2n) is 16.4. The van der Waals surface area contributed by atoms with Crippen LogP contribution in [0.5, 0.6) is 17.2 Å². The van der Waals surface area contributed by atoms with E-state index in [0.29, 0.717) is 116 Å². The number of methoxy groups -OCH3 is 2. The number of ether oxygens (including phenoxy) is 11. The average molecular weight is 1010 g/mol. The number of amides is 1. The normalized spacial score (nSPS) is 11.9. The molecule has 1 amide bonds. The molecule has 1 aromatic heterocycles. The van der Waals surface area contributed by atoms with Crippen LogP contribution in [0.25, 0.3) is 21.8 Å². The number of aromatic nitrogens is 1. The first-order valence-corrected chi connectivity index (χ1v) is 25.4. The number of hydrogen-bond donors (Lipinski definition) is 3. The predicted octanol–water partition coefficient (Wildman–Crippen LogP) is 4.79. The first kappa shape index (κ1) is 58.0. The van der Waals surface area contributed by atoms with Crippen LogP contribution in [0.2, 0.25) is 0 Å². The molecule has 0 aliphatic heterocycles. The van der Waals surface area contributed by atoms with E-state index in [9.17, 15) is 17.8 Å². The van der Waals surface area contributed by atoms with E-state index in [1.807, 2.05) is 18.4 Å². The summed E-state index contributed by atoms with van der Waals surface area (Å²) in [5.41, 5.74) is 8.16. The molecular weight excluding hydrogens is 931 g/mol. The quantitative estimate of drug-likeness (QED) is 0.0138. The second-order valence-corrected chi connectivity index (χ2v) is 18.0. The Balaban J connectivity index is 1.84. The Morgan fingerprint density at radius 3 is 1.63 bits per heavy atom. The van der Waals surface area contributed by atoms with Gasteiger partial charge in [-0.2, -0.15) is 13.0 Å². The molecule has 0 bridgehead atoms. The van der Waals surface area contributed by atoms with Gasteiger partial charge >= 0.3 is 5.97 Å². The lowest BCUT2D eigenvalue weighted by molar-refractivity contribution is -0.645. The second kappa shape index (κ2) is 31.7. The van der Waals surface area contributed by atoms with E-state index in [1.54, 1.807) is 76.6 Å². The molecule has 0 spiro atoms. The van der Waals surface area contributed by atoms with Crippen molar-refractivity contribution in [1.82, 2.24) is 5.32 Å². The van der Waals surface area contributed by atoms with Crippen LogP contribution in [-0.2, 0) is 54.6 Å². The van der Waals surface area contributed by atoms with Gasteiger partial charge in [-0.25, -0.2) is 4.79 Å². The summed E-state index contributed by atoms with van der Waals surface area (Å²) >= 11 is 0. The molecule has 20 heteroatoms. The van der Waals surface area contributed by atoms with Crippen molar-refractivity contribution in [1.29, 1.82) is 0 Å². The number of nitrogens with two attached hydrogens (primary N) is 1. The minimum atomic E-state index is -4.30. The van der Waals surface area contributed by atoms with E-state index in [1.165, 1.54) is 0 Å². The zero-order valence-electron chi connectivity index (χ0n) is 41.6. The number of esters is 1. The van der Waals surface area contributed by atoms with E-state index in [0.717, 1.165) is 12.8 Å². The Labute approximate surface area is 412 Å². The van der Waals surface area contributed by atoms with Crippen LogP contribution in [0, 0.1) is 13.8 Å². The van der Waals surface area contributed by atoms with Crippen LogP contribution in [0.1, 0.15) is 65.0 Å². The zero-order valence-corrected chi connectivity index (χ0v) is 42.4. The third-order valence-electron chi connectivity index (χ3n) is 10.5. The van der Waals surface area contributed by atoms with Gasteiger partial charge in [0.05, 0.1) is 101 Å². The van der Waals surface area contributed by atoms with Gasteiger partial charge in [0.2, 0.25) is 11.0 Å². The molecule has 390 valence electrons. The van der Waals surface area contributed by atoms with Crippen LogP contribution in [0.4, 0.5) is 0 Å². The maximum absolute atomic E-state index is 15.1. The zero-order chi connectivity index (χ0) is 50.7. The standard InChI is InChI=1S/C50H73N3O16S/c1-7-17-63-32-41(33-64-18-8-2)67-39-10-12-45-43(30-39)47(50(55)69-48-36(3)28-38(29-37(48)4)49(54)52-15-20-62-26-25-61-19-14-51)44-31-40(11-13-46(44)53(45)16-9-27-70(56,57)58)68-42(34-65-23-21-59-5)35-66-24-22-60-6/h10-13,28-31,41-42H,7-9,14-27,32-35,51H2,1-6H3,(H-,52,54,56,57,58)/p+1.